The van der Waals surface area contributed by atoms with Gasteiger partial charge in [-0.05, 0) is 51.1 Å². The monoisotopic (exact) mass is 633 g/mol. The van der Waals surface area contributed by atoms with Gasteiger partial charge in [0.05, 0.1) is 16.8 Å². The molecule has 0 spiro atoms. The number of rotatable bonds is 4. The molecule has 2 N–H and O–H groups in total. The van der Waals surface area contributed by atoms with Crippen LogP contribution in [0, 0.1) is 12.7 Å². The maximum Gasteiger partial charge on any atom is 0.418 e. The van der Waals surface area contributed by atoms with Crippen molar-refractivity contribution in [1.82, 2.24) is 29.7 Å². The molecule has 10 nitrogen and oxygen atoms in total. The van der Waals surface area contributed by atoms with E-state index in [1.807, 2.05) is 4.90 Å². The number of alkyl halides is 4. The molecule has 4 fully saturated rings. The molecule has 8 heterocycles. The highest BCUT2D eigenvalue weighted by molar-refractivity contribution is 5.91. The number of piperazine rings is 1. The summed E-state index contributed by atoms with van der Waals surface area (Å²) in [5.74, 6) is -1.02. The van der Waals surface area contributed by atoms with E-state index < -0.39 is 57.2 Å². The number of nitrogens with one attached hydrogen (secondary N) is 2. The maximum atomic E-state index is 16.7. The Balaban J connectivity index is 1.34. The van der Waals surface area contributed by atoms with Gasteiger partial charge in [-0.1, -0.05) is 0 Å². The molecule has 5 aliphatic heterocycles. The van der Waals surface area contributed by atoms with Crippen LogP contribution in [0.15, 0.2) is 15.7 Å². The van der Waals surface area contributed by atoms with Crippen LogP contribution < -0.4 is 26.1 Å². The third-order valence-corrected chi connectivity index (χ3v) is 10.5. The van der Waals surface area contributed by atoms with Crippen LogP contribution in [0.2, 0.25) is 0 Å². The molecule has 3 unspecified atom stereocenters. The number of ether oxygens (including phenoxy) is 1. The SMILES string of the molecule is Cc1cc(=O)[nH]c(-c2c(F)c3nc(OC[C@@]45CCCN4C[C@H](F)C5)nc4c3n(c2=O)CCC2C3CCC(CN42)N3)c1C(F)(F)F. The fourth-order valence-corrected chi connectivity index (χ4v) is 8.61. The first-order valence-electron chi connectivity index (χ1n) is 15.4. The van der Waals surface area contributed by atoms with Crippen LogP contribution in [0.5, 0.6) is 6.01 Å². The Bertz CT molecular complexity index is 1840. The van der Waals surface area contributed by atoms with Crippen LogP contribution in [0.1, 0.15) is 49.7 Å². The van der Waals surface area contributed by atoms with Crippen LogP contribution in [-0.2, 0) is 12.7 Å². The topological polar surface area (TPSA) is 108 Å². The van der Waals surface area contributed by atoms with Gasteiger partial charge < -0.3 is 24.5 Å². The lowest BCUT2D eigenvalue weighted by Crippen LogP contribution is -2.58. The molecule has 0 aromatic carbocycles. The van der Waals surface area contributed by atoms with Crippen molar-refractivity contribution in [3.63, 3.8) is 0 Å². The van der Waals surface area contributed by atoms with Gasteiger partial charge in [0.25, 0.3) is 5.56 Å². The molecule has 3 aromatic rings. The van der Waals surface area contributed by atoms with E-state index in [2.05, 4.69) is 20.2 Å². The number of fused-ring (bicyclic) bond motifs is 6. The molecule has 3 aromatic heterocycles. The molecule has 2 bridgehead atoms. The van der Waals surface area contributed by atoms with Gasteiger partial charge >= 0.3 is 12.2 Å². The number of aryl methyl sites for hydroxylation is 2. The Labute approximate surface area is 253 Å². The third kappa shape index (κ3) is 4.40. The van der Waals surface area contributed by atoms with Crippen LogP contribution in [0.25, 0.3) is 22.3 Å². The molecule has 0 amide bonds. The first-order chi connectivity index (χ1) is 21.4. The first kappa shape index (κ1) is 28.9. The second-order valence-electron chi connectivity index (χ2n) is 13.2. The van der Waals surface area contributed by atoms with E-state index in [0.717, 1.165) is 45.2 Å². The molecule has 15 heteroatoms. The second kappa shape index (κ2) is 9.95. The van der Waals surface area contributed by atoms with E-state index >= 15 is 4.39 Å². The minimum Gasteiger partial charge on any atom is -0.461 e. The van der Waals surface area contributed by atoms with Crippen molar-refractivity contribution in [2.24, 2.45) is 0 Å². The summed E-state index contributed by atoms with van der Waals surface area (Å²) in [4.78, 5) is 41.7. The second-order valence-corrected chi connectivity index (χ2v) is 13.2. The summed E-state index contributed by atoms with van der Waals surface area (Å²) in [6.07, 6.45) is -1.81. The summed E-state index contributed by atoms with van der Waals surface area (Å²) in [6, 6.07) is 0.692. The highest BCUT2D eigenvalue weighted by atomic mass is 19.4. The minimum atomic E-state index is -4.99. The fourth-order valence-electron chi connectivity index (χ4n) is 8.61. The molecule has 240 valence electrons. The Morgan fingerprint density at radius 3 is 2.76 bits per heavy atom. The van der Waals surface area contributed by atoms with Crippen LogP contribution in [0.4, 0.5) is 27.8 Å². The van der Waals surface area contributed by atoms with Gasteiger partial charge in [-0.15, -0.1) is 0 Å². The number of aromatic nitrogens is 4. The van der Waals surface area contributed by atoms with Gasteiger partial charge in [-0.25, -0.2) is 8.78 Å². The molecular weight excluding hydrogens is 601 g/mol. The summed E-state index contributed by atoms with van der Waals surface area (Å²) < 4.78 is 81.5. The smallest absolute Gasteiger partial charge is 0.418 e. The van der Waals surface area contributed by atoms with E-state index in [1.165, 1.54) is 4.57 Å². The van der Waals surface area contributed by atoms with E-state index in [1.54, 1.807) is 0 Å². The number of pyridine rings is 2. The maximum absolute atomic E-state index is 16.7. The number of H-pyrrole nitrogens is 1. The van der Waals surface area contributed by atoms with Crippen LogP contribution in [-0.4, -0.2) is 80.5 Å². The zero-order chi connectivity index (χ0) is 31.4. The Morgan fingerprint density at radius 1 is 1.13 bits per heavy atom. The zero-order valence-electron chi connectivity index (χ0n) is 24.5. The quantitative estimate of drug-likeness (QED) is 0.422. The zero-order valence-corrected chi connectivity index (χ0v) is 24.5. The van der Waals surface area contributed by atoms with E-state index in [4.69, 9.17) is 9.72 Å². The van der Waals surface area contributed by atoms with Gasteiger partial charge in [0.1, 0.15) is 29.4 Å². The minimum absolute atomic E-state index is 0.0616. The highest BCUT2D eigenvalue weighted by Gasteiger charge is 2.50. The number of anilines is 1. The number of hydrogen-bond donors (Lipinski definition) is 2. The summed E-state index contributed by atoms with van der Waals surface area (Å²) in [5.41, 5.74) is -6.35. The predicted molar refractivity (Wildman–Crippen MR) is 154 cm³/mol. The number of hydrogen-bond acceptors (Lipinski definition) is 8. The standard InChI is InChI=1S/C30H32F5N7O3/c1-14-9-19(43)37-23(21(14)30(33,34)35)20-22(32)24-25-26(39-28(38-24)45-13-29-6-2-7-40(29)11-15(31)10-29)42-12-16-3-4-17(36-16)18(42)5-8-41(25)27(20)44/h9,15-18,36H,2-8,10-13H2,1H3,(H,37,43)/t15-,16?,17?,18?,29+/m1/s1. The van der Waals surface area contributed by atoms with Crippen molar-refractivity contribution in [3.05, 3.63) is 43.7 Å². The van der Waals surface area contributed by atoms with Gasteiger partial charge in [0, 0.05) is 50.2 Å². The van der Waals surface area contributed by atoms with Crippen LogP contribution >= 0.6 is 0 Å². The van der Waals surface area contributed by atoms with Crippen molar-refractivity contribution in [2.75, 3.05) is 31.1 Å². The van der Waals surface area contributed by atoms with E-state index in [-0.39, 0.29) is 60.6 Å². The van der Waals surface area contributed by atoms with Gasteiger partial charge in [0.2, 0.25) is 5.56 Å². The normalized spacial score (nSPS) is 29.2. The predicted octanol–water partition coefficient (Wildman–Crippen LogP) is 3.28. The van der Waals surface area contributed by atoms with E-state index in [0.29, 0.717) is 19.5 Å². The number of nitrogens with zero attached hydrogens (tertiary/aromatic N) is 5. The molecule has 5 atom stereocenters. The number of aromatic amines is 1. The molecule has 5 aliphatic rings. The van der Waals surface area contributed by atoms with E-state index in [9.17, 15) is 27.2 Å². The summed E-state index contributed by atoms with van der Waals surface area (Å²) in [5, 5.41) is 3.60. The Morgan fingerprint density at radius 2 is 1.96 bits per heavy atom. The van der Waals surface area contributed by atoms with Crippen molar-refractivity contribution in [1.29, 1.82) is 0 Å². The highest BCUT2D eigenvalue weighted by Crippen LogP contribution is 2.43. The molecule has 0 aliphatic carbocycles. The Hall–Kier alpha value is -3.59. The van der Waals surface area contributed by atoms with Crippen molar-refractivity contribution >= 4 is 16.9 Å². The molecule has 45 heavy (non-hydrogen) atoms. The largest absolute Gasteiger partial charge is 0.461 e. The van der Waals surface area contributed by atoms with Crippen molar-refractivity contribution in [3.8, 4) is 17.3 Å². The number of halogens is 5. The lowest BCUT2D eigenvalue weighted by molar-refractivity contribution is -0.137. The summed E-state index contributed by atoms with van der Waals surface area (Å²) in [6.45, 7) is 2.81. The van der Waals surface area contributed by atoms with Gasteiger partial charge in [0.15, 0.2) is 11.6 Å². The fraction of sp³-hybridized carbons (Fsp3) is 0.600. The first-order valence-corrected chi connectivity index (χ1v) is 15.4. The van der Waals surface area contributed by atoms with Crippen molar-refractivity contribution < 1.29 is 26.7 Å². The van der Waals surface area contributed by atoms with Crippen LogP contribution in [0.3, 0.4) is 0 Å². The van der Waals surface area contributed by atoms with Crippen molar-refractivity contribution in [2.45, 2.75) is 88.0 Å². The average Bonchev–Trinajstić information content (AvgIpc) is 3.59. The third-order valence-electron chi connectivity index (χ3n) is 10.5. The molecule has 8 rings (SSSR count). The summed E-state index contributed by atoms with van der Waals surface area (Å²) in [7, 11) is 0. The Kier molecular flexibility index (Phi) is 6.38. The van der Waals surface area contributed by atoms with Gasteiger partial charge in [-0.3, -0.25) is 14.5 Å². The lowest BCUT2D eigenvalue weighted by atomic mass is 9.95. The summed E-state index contributed by atoms with van der Waals surface area (Å²) >= 11 is 0. The molecule has 4 saturated heterocycles. The van der Waals surface area contributed by atoms with Gasteiger partial charge in [-0.2, -0.15) is 23.1 Å². The average molecular weight is 634 g/mol. The molecule has 0 saturated carbocycles. The molecule has 0 radical (unpaired) electrons. The molecular formula is C30H32F5N7O3. The lowest BCUT2D eigenvalue weighted by Gasteiger charge is -2.41.